The minimum atomic E-state index is 0.643. The Balaban J connectivity index is 1.73. The quantitative estimate of drug-likeness (QED) is 0.719. The Kier molecular flexibility index (Phi) is 3.42. The van der Waals surface area contributed by atoms with Gasteiger partial charge in [-0.2, -0.15) is 0 Å². The normalized spacial score (nSPS) is 10.9. The molecule has 0 fully saturated rings. The summed E-state index contributed by atoms with van der Waals surface area (Å²) in [5.41, 5.74) is 3.42. The Labute approximate surface area is 118 Å². The summed E-state index contributed by atoms with van der Waals surface area (Å²) in [4.78, 5) is 4.56. The van der Waals surface area contributed by atoms with Crippen LogP contribution in [0.1, 0.15) is 11.4 Å². The van der Waals surface area contributed by atoms with E-state index in [0.717, 1.165) is 29.2 Å². The van der Waals surface area contributed by atoms with Gasteiger partial charge in [-0.3, -0.25) is 0 Å². The second kappa shape index (κ2) is 5.37. The lowest BCUT2D eigenvalue weighted by molar-refractivity contribution is 0.299. The minimum absolute atomic E-state index is 0.643. The summed E-state index contributed by atoms with van der Waals surface area (Å²) in [5, 5.41) is 0. The molecule has 1 aromatic heterocycles. The van der Waals surface area contributed by atoms with Gasteiger partial charge in [0.15, 0.2) is 0 Å². The van der Waals surface area contributed by atoms with Crippen LogP contribution >= 0.6 is 0 Å². The lowest BCUT2D eigenvalue weighted by atomic mass is 10.2. The highest BCUT2D eigenvalue weighted by Gasteiger charge is 2.06. The van der Waals surface area contributed by atoms with Crippen molar-refractivity contribution in [3.05, 3.63) is 59.9 Å². The van der Waals surface area contributed by atoms with Crippen LogP contribution in [0.5, 0.6) is 5.75 Å². The lowest BCUT2D eigenvalue weighted by Gasteiger charge is -2.09. The van der Waals surface area contributed by atoms with Gasteiger partial charge >= 0.3 is 0 Å². The Hall–Kier alpha value is -2.29. The van der Waals surface area contributed by atoms with Crippen LogP contribution in [0.2, 0.25) is 0 Å². The van der Waals surface area contributed by atoms with E-state index in [0.29, 0.717) is 6.61 Å². The molecule has 0 saturated heterocycles. The van der Waals surface area contributed by atoms with Crippen molar-refractivity contribution in [3.8, 4) is 5.75 Å². The summed E-state index contributed by atoms with van der Waals surface area (Å²) >= 11 is 0. The van der Waals surface area contributed by atoms with Gasteiger partial charge in [0.1, 0.15) is 18.2 Å². The van der Waals surface area contributed by atoms with Gasteiger partial charge in [0, 0.05) is 0 Å². The van der Waals surface area contributed by atoms with E-state index in [4.69, 9.17) is 4.74 Å². The van der Waals surface area contributed by atoms with Gasteiger partial charge in [0.05, 0.1) is 17.6 Å². The molecule has 20 heavy (non-hydrogen) atoms. The van der Waals surface area contributed by atoms with Gasteiger partial charge in [-0.15, -0.1) is 0 Å². The fourth-order valence-electron chi connectivity index (χ4n) is 2.44. The molecule has 0 aliphatic heterocycles. The van der Waals surface area contributed by atoms with Gasteiger partial charge < -0.3 is 9.30 Å². The highest BCUT2D eigenvalue weighted by Crippen LogP contribution is 2.16. The third-order valence-corrected chi connectivity index (χ3v) is 3.42. The fraction of sp³-hybridized carbons (Fsp3) is 0.235. The van der Waals surface area contributed by atoms with Crippen LogP contribution in [0.4, 0.5) is 0 Å². The van der Waals surface area contributed by atoms with Gasteiger partial charge in [-0.1, -0.05) is 24.3 Å². The summed E-state index contributed by atoms with van der Waals surface area (Å²) in [6, 6.07) is 16.3. The van der Waals surface area contributed by atoms with Crippen molar-refractivity contribution in [1.82, 2.24) is 9.55 Å². The molecule has 0 spiro atoms. The molecule has 102 valence electrons. The van der Waals surface area contributed by atoms with Crippen LogP contribution in [0.25, 0.3) is 11.0 Å². The van der Waals surface area contributed by atoms with Crippen molar-refractivity contribution in [2.75, 3.05) is 6.61 Å². The number of nitrogens with zero attached hydrogens (tertiary/aromatic N) is 2. The second-order valence-electron chi connectivity index (χ2n) is 4.96. The van der Waals surface area contributed by atoms with Crippen molar-refractivity contribution < 1.29 is 4.74 Å². The van der Waals surface area contributed by atoms with Crippen molar-refractivity contribution >= 4 is 11.0 Å². The molecule has 0 atom stereocenters. The molecule has 3 heteroatoms. The molecule has 3 aromatic rings. The van der Waals surface area contributed by atoms with E-state index in [1.54, 1.807) is 0 Å². The number of hydrogen-bond acceptors (Lipinski definition) is 2. The smallest absolute Gasteiger partial charge is 0.119 e. The predicted octanol–water partition coefficient (Wildman–Crippen LogP) is 3.73. The number of rotatable bonds is 4. The van der Waals surface area contributed by atoms with Crippen molar-refractivity contribution in [2.45, 2.75) is 20.4 Å². The van der Waals surface area contributed by atoms with E-state index in [9.17, 15) is 0 Å². The highest BCUT2D eigenvalue weighted by atomic mass is 16.5. The molecule has 0 aliphatic carbocycles. The molecule has 0 saturated carbocycles. The topological polar surface area (TPSA) is 27.1 Å². The van der Waals surface area contributed by atoms with E-state index in [1.165, 1.54) is 5.56 Å². The van der Waals surface area contributed by atoms with Gasteiger partial charge in [0.2, 0.25) is 0 Å². The fourth-order valence-corrected chi connectivity index (χ4v) is 2.44. The van der Waals surface area contributed by atoms with Crippen molar-refractivity contribution in [1.29, 1.82) is 0 Å². The number of aryl methyl sites for hydroxylation is 2. The van der Waals surface area contributed by atoms with Crippen LogP contribution in [0.15, 0.2) is 48.5 Å². The molecule has 3 rings (SSSR count). The Morgan fingerprint density at radius 1 is 1.05 bits per heavy atom. The monoisotopic (exact) mass is 266 g/mol. The Morgan fingerprint density at radius 2 is 1.90 bits per heavy atom. The van der Waals surface area contributed by atoms with Gasteiger partial charge in [-0.25, -0.2) is 4.98 Å². The zero-order valence-corrected chi connectivity index (χ0v) is 11.8. The molecule has 2 aromatic carbocycles. The zero-order valence-electron chi connectivity index (χ0n) is 11.8. The molecule has 0 radical (unpaired) electrons. The summed E-state index contributed by atoms with van der Waals surface area (Å²) < 4.78 is 8.01. The third-order valence-electron chi connectivity index (χ3n) is 3.42. The SMILES string of the molecule is Cc1cccc(OCCn2c(C)nc3ccccc32)c1. The first-order valence-electron chi connectivity index (χ1n) is 6.85. The molecule has 3 nitrogen and oxygen atoms in total. The molecule has 0 unspecified atom stereocenters. The first-order chi connectivity index (χ1) is 9.74. The standard InChI is InChI=1S/C17H18N2O/c1-13-6-5-7-15(12-13)20-11-10-19-14(2)18-16-8-3-4-9-17(16)19/h3-9,12H,10-11H2,1-2H3. The Morgan fingerprint density at radius 3 is 2.75 bits per heavy atom. The summed E-state index contributed by atoms with van der Waals surface area (Å²) in [7, 11) is 0. The highest BCUT2D eigenvalue weighted by molar-refractivity contribution is 5.75. The lowest BCUT2D eigenvalue weighted by Crippen LogP contribution is -2.09. The van der Waals surface area contributed by atoms with E-state index < -0.39 is 0 Å². The second-order valence-corrected chi connectivity index (χ2v) is 4.96. The van der Waals surface area contributed by atoms with Crippen LogP contribution in [-0.2, 0) is 6.54 Å². The average molecular weight is 266 g/mol. The molecule has 0 bridgehead atoms. The van der Waals surface area contributed by atoms with E-state index in [2.05, 4.69) is 34.7 Å². The summed E-state index contributed by atoms with van der Waals surface area (Å²) in [6.07, 6.45) is 0. The van der Waals surface area contributed by atoms with Crippen LogP contribution < -0.4 is 4.74 Å². The van der Waals surface area contributed by atoms with E-state index >= 15 is 0 Å². The third kappa shape index (κ3) is 2.52. The van der Waals surface area contributed by atoms with Crippen LogP contribution in [0.3, 0.4) is 0 Å². The number of ether oxygens (including phenoxy) is 1. The summed E-state index contributed by atoms with van der Waals surface area (Å²) in [5.74, 6) is 1.95. The number of benzene rings is 2. The number of hydrogen-bond donors (Lipinski definition) is 0. The van der Waals surface area contributed by atoms with Crippen LogP contribution in [0, 0.1) is 13.8 Å². The Bertz CT molecular complexity index is 731. The zero-order chi connectivity index (χ0) is 13.9. The minimum Gasteiger partial charge on any atom is -0.492 e. The van der Waals surface area contributed by atoms with Crippen LogP contribution in [-0.4, -0.2) is 16.2 Å². The van der Waals surface area contributed by atoms with E-state index in [1.807, 2.05) is 37.3 Å². The van der Waals surface area contributed by atoms with Gasteiger partial charge in [0.25, 0.3) is 0 Å². The first kappa shape index (κ1) is 12.7. The molecule has 0 aliphatic rings. The van der Waals surface area contributed by atoms with Crippen molar-refractivity contribution in [3.63, 3.8) is 0 Å². The first-order valence-corrected chi connectivity index (χ1v) is 6.85. The molecule has 0 amide bonds. The number of imidazole rings is 1. The summed E-state index contributed by atoms with van der Waals surface area (Å²) in [6.45, 7) is 5.55. The molecule has 1 heterocycles. The largest absolute Gasteiger partial charge is 0.492 e. The van der Waals surface area contributed by atoms with Crippen molar-refractivity contribution in [2.24, 2.45) is 0 Å². The number of fused-ring (bicyclic) bond motifs is 1. The molecular weight excluding hydrogens is 248 g/mol. The maximum absolute atomic E-state index is 5.82. The maximum atomic E-state index is 5.82. The average Bonchev–Trinajstić information content (AvgIpc) is 2.75. The number of aromatic nitrogens is 2. The van der Waals surface area contributed by atoms with Gasteiger partial charge in [-0.05, 0) is 43.7 Å². The maximum Gasteiger partial charge on any atom is 0.119 e. The predicted molar refractivity (Wildman–Crippen MR) is 81.1 cm³/mol. The van der Waals surface area contributed by atoms with E-state index in [-0.39, 0.29) is 0 Å². The molecule has 0 N–H and O–H groups in total. The molecular formula is C17H18N2O. The number of para-hydroxylation sites is 2.